The lowest BCUT2D eigenvalue weighted by molar-refractivity contribution is -0.223. The van der Waals surface area contributed by atoms with Crippen LogP contribution in [-0.4, -0.2) is 47.1 Å². The topological polar surface area (TPSA) is 96.5 Å². The van der Waals surface area contributed by atoms with E-state index in [4.69, 9.17) is 19.9 Å². The number of para-hydroxylation sites is 1. The third kappa shape index (κ3) is 4.48. The average Bonchev–Trinajstić information content (AvgIpc) is 3.31. The first kappa shape index (κ1) is 22.0. The van der Waals surface area contributed by atoms with Crippen LogP contribution >= 0.6 is 0 Å². The molecule has 3 N–H and O–H groups in total. The van der Waals surface area contributed by atoms with Crippen LogP contribution in [0.1, 0.15) is 18.9 Å². The monoisotopic (exact) mass is 471 g/mol. The Bertz CT molecular complexity index is 1280. The molecule has 8 nitrogen and oxygen atoms in total. The number of rotatable bonds is 5. The summed E-state index contributed by atoms with van der Waals surface area (Å²) in [5, 5.41) is 4.24. The Balaban J connectivity index is 1.26. The highest BCUT2D eigenvalue weighted by atomic mass is 16.7. The Morgan fingerprint density at radius 3 is 2.37 bits per heavy atom. The quantitative estimate of drug-likeness (QED) is 0.446. The smallest absolute Gasteiger partial charge is 0.160 e. The fourth-order valence-corrected chi connectivity index (χ4v) is 4.99. The molecule has 0 spiro atoms. The zero-order chi connectivity index (χ0) is 23.6. The lowest BCUT2D eigenvalue weighted by atomic mass is 9.97. The molecule has 0 amide bonds. The van der Waals surface area contributed by atoms with Crippen molar-refractivity contribution in [2.24, 2.45) is 5.92 Å². The largest absolute Gasteiger partial charge is 0.457 e. The van der Waals surface area contributed by atoms with Gasteiger partial charge in [-0.1, -0.05) is 30.3 Å². The molecule has 4 aromatic rings. The van der Waals surface area contributed by atoms with Crippen molar-refractivity contribution in [3.05, 3.63) is 67.1 Å². The predicted molar refractivity (Wildman–Crippen MR) is 134 cm³/mol. The maximum absolute atomic E-state index is 6.33. The van der Waals surface area contributed by atoms with Gasteiger partial charge in [0.25, 0.3) is 0 Å². The molecule has 0 aliphatic carbocycles. The maximum atomic E-state index is 6.33. The summed E-state index contributed by atoms with van der Waals surface area (Å²) >= 11 is 0. The summed E-state index contributed by atoms with van der Waals surface area (Å²) in [5.41, 5.74) is 9.11. The van der Waals surface area contributed by atoms with Crippen molar-refractivity contribution >= 4 is 16.9 Å². The third-order valence-corrected chi connectivity index (χ3v) is 6.85. The van der Waals surface area contributed by atoms with E-state index in [2.05, 4.69) is 26.0 Å². The van der Waals surface area contributed by atoms with Crippen LogP contribution in [0.2, 0.25) is 0 Å². The molecular formula is C27H29N5O3. The van der Waals surface area contributed by atoms with E-state index in [0.717, 1.165) is 59.6 Å². The molecule has 2 saturated heterocycles. The Labute approximate surface area is 204 Å². The van der Waals surface area contributed by atoms with E-state index in [-0.39, 0.29) is 12.3 Å². The van der Waals surface area contributed by atoms with Gasteiger partial charge in [0.1, 0.15) is 29.3 Å². The van der Waals surface area contributed by atoms with Gasteiger partial charge < -0.3 is 29.8 Å². The average molecular weight is 472 g/mol. The lowest BCUT2D eigenvalue weighted by Gasteiger charge is -2.36. The number of nitrogens with two attached hydrogens (primary N) is 1. The van der Waals surface area contributed by atoms with Gasteiger partial charge in [0, 0.05) is 17.7 Å². The molecule has 35 heavy (non-hydrogen) atoms. The first-order valence-electron chi connectivity index (χ1n) is 12.1. The number of hydrogen-bond acceptors (Lipinski definition) is 7. The number of nitrogen functional groups attached to an aromatic ring is 1. The number of fused-ring (bicyclic) bond motifs is 1. The van der Waals surface area contributed by atoms with Crippen LogP contribution in [0.5, 0.6) is 11.5 Å². The van der Waals surface area contributed by atoms with Crippen LogP contribution < -0.4 is 15.8 Å². The van der Waals surface area contributed by atoms with Gasteiger partial charge in [-0.15, -0.1) is 0 Å². The van der Waals surface area contributed by atoms with Gasteiger partial charge in [-0.2, -0.15) is 0 Å². The van der Waals surface area contributed by atoms with Gasteiger partial charge in [-0.05, 0) is 55.8 Å². The van der Waals surface area contributed by atoms with Gasteiger partial charge in [-0.25, -0.2) is 9.97 Å². The van der Waals surface area contributed by atoms with Gasteiger partial charge in [-0.3, -0.25) is 0 Å². The van der Waals surface area contributed by atoms with Crippen LogP contribution in [0, 0.1) is 5.92 Å². The van der Waals surface area contributed by atoms with E-state index in [9.17, 15) is 0 Å². The molecule has 8 heteroatoms. The second-order valence-corrected chi connectivity index (χ2v) is 9.12. The Hall–Kier alpha value is -3.46. The number of piperidine rings is 1. The van der Waals surface area contributed by atoms with E-state index in [0.29, 0.717) is 24.9 Å². The number of nitrogens with one attached hydrogen (secondary N) is 1. The van der Waals surface area contributed by atoms with Crippen LogP contribution in [0.3, 0.4) is 0 Å². The van der Waals surface area contributed by atoms with E-state index in [1.165, 1.54) is 6.33 Å². The van der Waals surface area contributed by atoms with Crippen molar-refractivity contribution in [2.45, 2.75) is 25.2 Å². The summed E-state index contributed by atoms with van der Waals surface area (Å²) < 4.78 is 20.4. The fourth-order valence-electron chi connectivity index (χ4n) is 4.99. The summed E-state index contributed by atoms with van der Waals surface area (Å²) in [7, 11) is 0. The molecular weight excluding hydrogens is 442 g/mol. The van der Waals surface area contributed by atoms with E-state index < -0.39 is 0 Å². The standard InChI is InChI=1S/C27H29N5O3/c28-25-24-23(18-6-8-22(9-7-18)35-21-4-2-1-3-5-21)14-32(26(24)31-17-30-25)20-15-33-27(34-16-20)19-10-12-29-13-11-19/h1-9,14,17,19-20,27,29H,10-13,15-16H2,(H2,28,30,31)/t20-,27+. The van der Waals surface area contributed by atoms with Gasteiger partial charge in [0.05, 0.1) is 24.6 Å². The van der Waals surface area contributed by atoms with Crippen LogP contribution in [0.25, 0.3) is 22.2 Å². The highest BCUT2D eigenvalue weighted by molar-refractivity contribution is 6.00. The molecule has 0 bridgehead atoms. The predicted octanol–water partition coefficient (Wildman–Crippen LogP) is 4.39. The highest BCUT2D eigenvalue weighted by Crippen LogP contribution is 2.36. The van der Waals surface area contributed by atoms with Gasteiger partial charge in [0.2, 0.25) is 0 Å². The second kappa shape index (κ2) is 9.65. The number of aromatic nitrogens is 3. The van der Waals surface area contributed by atoms with Crippen molar-refractivity contribution < 1.29 is 14.2 Å². The number of nitrogens with zero attached hydrogens (tertiary/aromatic N) is 3. The molecule has 0 atom stereocenters. The highest BCUT2D eigenvalue weighted by Gasteiger charge is 2.32. The van der Waals surface area contributed by atoms with Crippen molar-refractivity contribution in [3.8, 4) is 22.6 Å². The summed E-state index contributed by atoms with van der Waals surface area (Å²) in [5.74, 6) is 2.47. The number of hydrogen-bond donors (Lipinski definition) is 2. The van der Waals surface area contributed by atoms with Crippen molar-refractivity contribution in [1.82, 2.24) is 19.9 Å². The minimum Gasteiger partial charge on any atom is -0.457 e. The Morgan fingerprint density at radius 1 is 0.914 bits per heavy atom. The van der Waals surface area contributed by atoms with Gasteiger partial charge in [0.15, 0.2) is 6.29 Å². The normalized spacial score (nSPS) is 21.3. The summed E-state index contributed by atoms with van der Waals surface area (Å²) in [6.07, 6.45) is 5.63. The molecule has 2 aliphatic rings. The minimum atomic E-state index is -0.133. The molecule has 2 aromatic carbocycles. The van der Waals surface area contributed by atoms with Crippen LogP contribution in [-0.2, 0) is 9.47 Å². The summed E-state index contributed by atoms with van der Waals surface area (Å²) in [6.45, 7) is 3.19. The van der Waals surface area contributed by atoms with Crippen LogP contribution in [0.15, 0.2) is 67.1 Å². The maximum Gasteiger partial charge on any atom is 0.160 e. The van der Waals surface area contributed by atoms with Crippen molar-refractivity contribution in [3.63, 3.8) is 0 Å². The lowest BCUT2D eigenvalue weighted by Crippen LogP contribution is -2.42. The van der Waals surface area contributed by atoms with Gasteiger partial charge >= 0.3 is 0 Å². The fraction of sp³-hybridized carbons (Fsp3) is 0.333. The van der Waals surface area contributed by atoms with E-state index >= 15 is 0 Å². The minimum absolute atomic E-state index is 0.0132. The molecule has 0 saturated carbocycles. The zero-order valence-corrected chi connectivity index (χ0v) is 19.5. The summed E-state index contributed by atoms with van der Waals surface area (Å²) in [4.78, 5) is 8.83. The summed E-state index contributed by atoms with van der Waals surface area (Å²) in [6, 6.07) is 17.7. The van der Waals surface area contributed by atoms with E-state index in [1.807, 2.05) is 54.6 Å². The molecule has 0 radical (unpaired) electrons. The Morgan fingerprint density at radius 2 is 1.63 bits per heavy atom. The molecule has 2 fully saturated rings. The molecule has 6 rings (SSSR count). The Kier molecular flexibility index (Phi) is 6.08. The molecule has 180 valence electrons. The second-order valence-electron chi connectivity index (χ2n) is 9.12. The first-order chi connectivity index (χ1) is 17.3. The first-order valence-corrected chi connectivity index (χ1v) is 12.1. The zero-order valence-electron chi connectivity index (χ0n) is 19.5. The number of anilines is 1. The number of benzene rings is 2. The van der Waals surface area contributed by atoms with Crippen LogP contribution in [0.4, 0.5) is 5.82 Å². The SMILES string of the molecule is Nc1ncnc2c1c(-c1ccc(Oc3ccccc3)cc1)cn2[C@H]1CO[C@@H](C2CCNCC2)OC1. The van der Waals surface area contributed by atoms with E-state index in [1.54, 1.807) is 0 Å². The number of ether oxygens (including phenoxy) is 3. The molecule has 2 aliphatic heterocycles. The molecule has 4 heterocycles. The van der Waals surface area contributed by atoms with Crippen molar-refractivity contribution in [1.29, 1.82) is 0 Å². The van der Waals surface area contributed by atoms with Crippen molar-refractivity contribution in [2.75, 3.05) is 32.0 Å². The third-order valence-electron chi connectivity index (χ3n) is 6.85. The molecule has 0 unspecified atom stereocenters. The molecule has 2 aromatic heterocycles.